The molecule has 1 aliphatic rings. The van der Waals surface area contributed by atoms with E-state index in [-0.39, 0.29) is 5.41 Å². The number of nitrogens with zero attached hydrogens (tertiary/aromatic N) is 2. The van der Waals surface area contributed by atoms with Crippen LogP contribution in [0.15, 0.2) is 59.1 Å². The van der Waals surface area contributed by atoms with Gasteiger partial charge in [-0.1, -0.05) is 64.1 Å². The van der Waals surface area contributed by atoms with Crippen LogP contribution in [0.4, 0.5) is 0 Å². The Balaban J connectivity index is 1.65. The molecule has 3 heterocycles. The smallest absolute Gasteiger partial charge is 0.227 e. The van der Waals surface area contributed by atoms with E-state index < -0.39 is 0 Å². The maximum atomic E-state index is 6.58. The van der Waals surface area contributed by atoms with Gasteiger partial charge in [-0.2, -0.15) is 0 Å². The standard InChI is InChI=1S/C31H31N2O/c1-17(2)23-16-33(7)26(14-19(23)4)27-18(3)12-13-20-22-15-25-28(32-30(22)34-29(20)27)21-10-8-9-11-24(21)31(25,5)6/h8-17H,1-7H3/q+1. The van der Waals surface area contributed by atoms with Crippen molar-refractivity contribution in [2.75, 3.05) is 0 Å². The number of fused-ring (bicyclic) bond motifs is 6. The van der Waals surface area contributed by atoms with E-state index in [1.807, 2.05) is 0 Å². The lowest BCUT2D eigenvalue weighted by molar-refractivity contribution is -0.660. The van der Waals surface area contributed by atoms with E-state index in [1.165, 1.54) is 39.1 Å². The zero-order valence-electron chi connectivity index (χ0n) is 21.1. The largest absolute Gasteiger partial charge is 0.437 e. The minimum atomic E-state index is -0.0829. The predicted molar refractivity (Wildman–Crippen MR) is 139 cm³/mol. The number of aromatic nitrogens is 2. The molecule has 3 nitrogen and oxygen atoms in total. The first-order valence-electron chi connectivity index (χ1n) is 12.2. The molecule has 3 heteroatoms. The van der Waals surface area contributed by atoms with Crippen molar-refractivity contribution in [1.82, 2.24) is 4.98 Å². The summed E-state index contributed by atoms with van der Waals surface area (Å²) in [5, 5.41) is 2.22. The molecule has 0 N–H and O–H groups in total. The lowest BCUT2D eigenvalue weighted by Crippen LogP contribution is -2.32. The normalized spacial score (nSPS) is 14.2. The maximum absolute atomic E-state index is 6.58. The summed E-state index contributed by atoms with van der Waals surface area (Å²) in [5.41, 5.74) is 12.6. The molecule has 0 fully saturated rings. The molecule has 2 aromatic carbocycles. The van der Waals surface area contributed by atoms with Crippen LogP contribution >= 0.6 is 0 Å². The van der Waals surface area contributed by atoms with Crippen LogP contribution < -0.4 is 4.57 Å². The fourth-order valence-electron chi connectivity index (χ4n) is 5.87. The van der Waals surface area contributed by atoms with Crippen molar-refractivity contribution in [3.63, 3.8) is 0 Å². The number of hydrogen-bond acceptors (Lipinski definition) is 2. The van der Waals surface area contributed by atoms with Gasteiger partial charge < -0.3 is 4.42 Å². The first kappa shape index (κ1) is 21.1. The molecule has 0 amide bonds. The summed E-state index contributed by atoms with van der Waals surface area (Å²) in [6.07, 6.45) is 2.27. The van der Waals surface area contributed by atoms with Crippen molar-refractivity contribution < 1.29 is 8.98 Å². The Kier molecular flexibility index (Phi) is 4.36. The molecule has 170 valence electrons. The molecular weight excluding hydrogens is 416 g/mol. The van der Waals surface area contributed by atoms with Gasteiger partial charge in [0, 0.05) is 33.4 Å². The average Bonchev–Trinajstić information content (AvgIpc) is 3.26. The molecular formula is C31H31N2O+. The number of aryl methyl sites for hydroxylation is 3. The Morgan fingerprint density at radius 3 is 2.44 bits per heavy atom. The highest BCUT2D eigenvalue weighted by atomic mass is 16.3. The number of benzene rings is 2. The zero-order valence-corrected chi connectivity index (χ0v) is 21.1. The van der Waals surface area contributed by atoms with Gasteiger partial charge in [0.2, 0.25) is 11.4 Å². The quantitative estimate of drug-likeness (QED) is 0.262. The molecule has 6 rings (SSSR count). The van der Waals surface area contributed by atoms with Crippen molar-refractivity contribution >= 4 is 22.1 Å². The molecule has 34 heavy (non-hydrogen) atoms. The number of pyridine rings is 2. The van der Waals surface area contributed by atoms with Crippen molar-refractivity contribution in [1.29, 1.82) is 0 Å². The summed E-state index contributed by atoms with van der Waals surface area (Å²) in [4.78, 5) is 5.10. The molecule has 0 saturated carbocycles. The van der Waals surface area contributed by atoms with Crippen molar-refractivity contribution in [2.24, 2.45) is 7.05 Å². The Morgan fingerprint density at radius 1 is 0.912 bits per heavy atom. The zero-order chi connectivity index (χ0) is 23.9. The average molecular weight is 448 g/mol. The second-order valence-electron chi connectivity index (χ2n) is 10.7. The van der Waals surface area contributed by atoms with Crippen LogP contribution in [0.1, 0.15) is 61.4 Å². The Morgan fingerprint density at radius 2 is 1.68 bits per heavy atom. The second kappa shape index (κ2) is 7.02. The van der Waals surface area contributed by atoms with Gasteiger partial charge in [0.05, 0.1) is 11.3 Å². The van der Waals surface area contributed by atoms with Gasteiger partial charge in [0.1, 0.15) is 7.05 Å². The minimum absolute atomic E-state index is 0.0829. The first-order valence-corrected chi connectivity index (χ1v) is 12.2. The van der Waals surface area contributed by atoms with Crippen molar-refractivity contribution in [3.05, 3.63) is 82.5 Å². The topological polar surface area (TPSA) is 29.9 Å². The van der Waals surface area contributed by atoms with Crippen molar-refractivity contribution in [3.8, 4) is 22.5 Å². The van der Waals surface area contributed by atoms with E-state index in [0.29, 0.717) is 11.6 Å². The highest BCUT2D eigenvalue weighted by molar-refractivity contribution is 6.10. The molecule has 0 saturated heterocycles. The summed E-state index contributed by atoms with van der Waals surface area (Å²) in [7, 11) is 2.13. The monoisotopic (exact) mass is 447 g/mol. The SMILES string of the molecule is Cc1cc(-c2c(C)ccc3c2oc2nc4c(cc23)C(C)(C)c2ccccc2-4)[n+](C)cc1C(C)C. The molecule has 5 aromatic rings. The first-order chi connectivity index (χ1) is 16.2. The van der Waals surface area contributed by atoms with Crippen LogP contribution in [-0.2, 0) is 12.5 Å². The maximum Gasteiger partial charge on any atom is 0.227 e. The van der Waals surface area contributed by atoms with E-state index >= 15 is 0 Å². The van der Waals surface area contributed by atoms with Gasteiger partial charge in [-0.3, -0.25) is 0 Å². The van der Waals surface area contributed by atoms with Crippen LogP contribution in [0, 0.1) is 13.8 Å². The lowest BCUT2D eigenvalue weighted by Gasteiger charge is -2.20. The number of hydrogen-bond donors (Lipinski definition) is 0. The number of furan rings is 1. The van der Waals surface area contributed by atoms with Gasteiger partial charge >= 0.3 is 0 Å². The molecule has 0 unspecified atom stereocenters. The van der Waals surface area contributed by atoms with Crippen molar-refractivity contribution in [2.45, 2.75) is 52.9 Å². The molecule has 0 aliphatic heterocycles. The molecule has 1 aliphatic carbocycles. The summed E-state index contributed by atoms with van der Waals surface area (Å²) in [6.45, 7) is 13.5. The van der Waals surface area contributed by atoms with Gasteiger partial charge in [-0.15, -0.1) is 0 Å². The van der Waals surface area contributed by atoms with Crippen LogP contribution in [0.3, 0.4) is 0 Å². The summed E-state index contributed by atoms with van der Waals surface area (Å²) < 4.78 is 8.82. The van der Waals surface area contributed by atoms with E-state index in [0.717, 1.165) is 27.6 Å². The number of rotatable bonds is 2. The third kappa shape index (κ3) is 2.76. The third-order valence-corrected chi connectivity index (χ3v) is 7.77. The molecule has 0 atom stereocenters. The van der Waals surface area contributed by atoms with Crippen LogP contribution in [-0.4, -0.2) is 4.98 Å². The second-order valence-corrected chi connectivity index (χ2v) is 10.7. The van der Waals surface area contributed by atoms with E-state index in [2.05, 4.69) is 108 Å². The fourth-order valence-corrected chi connectivity index (χ4v) is 5.87. The summed E-state index contributed by atoms with van der Waals surface area (Å²) in [6, 6.07) is 17.6. The molecule has 0 spiro atoms. The van der Waals surface area contributed by atoms with Crippen LogP contribution in [0.2, 0.25) is 0 Å². The van der Waals surface area contributed by atoms with Gasteiger partial charge in [0.15, 0.2) is 11.8 Å². The van der Waals surface area contributed by atoms with Gasteiger partial charge in [-0.05, 0) is 48.1 Å². The highest BCUT2D eigenvalue weighted by Crippen LogP contribution is 2.49. The highest BCUT2D eigenvalue weighted by Gasteiger charge is 2.37. The minimum Gasteiger partial charge on any atom is -0.437 e. The summed E-state index contributed by atoms with van der Waals surface area (Å²) in [5.74, 6) is 0.487. The molecule has 0 radical (unpaired) electrons. The van der Waals surface area contributed by atoms with Gasteiger partial charge in [0.25, 0.3) is 0 Å². The van der Waals surface area contributed by atoms with Gasteiger partial charge in [-0.25, -0.2) is 9.55 Å². The van der Waals surface area contributed by atoms with E-state index in [9.17, 15) is 0 Å². The summed E-state index contributed by atoms with van der Waals surface area (Å²) >= 11 is 0. The van der Waals surface area contributed by atoms with Crippen LogP contribution in [0.25, 0.3) is 44.6 Å². The fraction of sp³-hybridized carbons (Fsp3) is 0.290. The predicted octanol–water partition coefficient (Wildman–Crippen LogP) is 7.52. The third-order valence-electron chi connectivity index (χ3n) is 7.77. The molecule has 3 aromatic heterocycles. The lowest BCUT2D eigenvalue weighted by atomic mass is 9.82. The Hall–Kier alpha value is -3.46. The van der Waals surface area contributed by atoms with Crippen LogP contribution in [0.5, 0.6) is 0 Å². The Labute approximate surface area is 201 Å². The van der Waals surface area contributed by atoms with E-state index in [1.54, 1.807) is 0 Å². The molecule has 0 bridgehead atoms. The Bertz CT molecular complexity index is 1640. The van der Waals surface area contributed by atoms with E-state index in [4.69, 9.17) is 9.40 Å².